The van der Waals surface area contributed by atoms with Crippen LogP contribution in [-0.4, -0.2) is 36.3 Å². The minimum absolute atomic E-state index is 0. The van der Waals surface area contributed by atoms with E-state index >= 15 is 0 Å². The zero-order valence-electron chi connectivity index (χ0n) is 16.6. The molecule has 0 saturated heterocycles. The number of likely N-dealkylation sites (N-methyl/N-ethyl adjacent to an activating group) is 1. The molecule has 0 aliphatic rings. The van der Waals surface area contributed by atoms with E-state index in [1.807, 2.05) is 44.2 Å². The monoisotopic (exact) mass is 383 g/mol. The topological polar surface area (TPSA) is 75.4 Å². The van der Waals surface area contributed by atoms with Crippen molar-refractivity contribution in [3.63, 3.8) is 0 Å². The van der Waals surface area contributed by atoms with Crippen LogP contribution in [0.5, 0.6) is 0 Å². The van der Waals surface area contributed by atoms with Gasteiger partial charge in [0.2, 0.25) is 11.8 Å². The summed E-state index contributed by atoms with van der Waals surface area (Å²) in [7, 11) is 1.76. The van der Waals surface area contributed by atoms with E-state index in [1.165, 1.54) is 0 Å². The summed E-state index contributed by atoms with van der Waals surface area (Å²) in [4.78, 5) is 26.8. The molecule has 0 radical (unpaired) electrons. The third-order valence-electron chi connectivity index (χ3n) is 4.31. The molecule has 2 atom stereocenters. The van der Waals surface area contributed by atoms with Gasteiger partial charge in [-0.05, 0) is 23.8 Å². The SMILES string of the molecule is CC(C)CC(=O)NC(C(=O)N(C)CCC(N)C(C)C)c1ccccc1.Cl. The van der Waals surface area contributed by atoms with E-state index in [2.05, 4.69) is 19.2 Å². The highest BCUT2D eigenvalue weighted by Crippen LogP contribution is 2.17. The molecule has 148 valence electrons. The van der Waals surface area contributed by atoms with Crippen LogP contribution in [0.3, 0.4) is 0 Å². The summed E-state index contributed by atoms with van der Waals surface area (Å²) in [6, 6.07) is 8.77. The second-order valence-electron chi connectivity index (χ2n) is 7.47. The Morgan fingerprint density at radius 2 is 1.69 bits per heavy atom. The fraction of sp³-hybridized carbons (Fsp3) is 0.600. The Balaban J connectivity index is 0.00000625. The van der Waals surface area contributed by atoms with Gasteiger partial charge >= 0.3 is 0 Å². The fourth-order valence-electron chi connectivity index (χ4n) is 2.53. The third-order valence-corrected chi connectivity index (χ3v) is 4.31. The van der Waals surface area contributed by atoms with Crippen molar-refractivity contribution in [3.05, 3.63) is 35.9 Å². The van der Waals surface area contributed by atoms with E-state index < -0.39 is 6.04 Å². The zero-order chi connectivity index (χ0) is 19.0. The van der Waals surface area contributed by atoms with E-state index in [0.717, 1.165) is 12.0 Å². The molecule has 0 aliphatic heterocycles. The smallest absolute Gasteiger partial charge is 0.249 e. The molecule has 0 spiro atoms. The molecule has 1 aromatic rings. The Hall–Kier alpha value is -1.59. The van der Waals surface area contributed by atoms with Gasteiger partial charge in [-0.1, -0.05) is 58.0 Å². The van der Waals surface area contributed by atoms with Crippen molar-refractivity contribution in [2.75, 3.05) is 13.6 Å². The summed E-state index contributed by atoms with van der Waals surface area (Å²) in [5.74, 6) is 0.399. The molecule has 0 aromatic heterocycles. The molecule has 26 heavy (non-hydrogen) atoms. The van der Waals surface area contributed by atoms with Crippen molar-refractivity contribution < 1.29 is 9.59 Å². The zero-order valence-corrected chi connectivity index (χ0v) is 17.4. The predicted molar refractivity (Wildman–Crippen MR) is 109 cm³/mol. The number of halogens is 1. The van der Waals surface area contributed by atoms with Crippen molar-refractivity contribution in [2.24, 2.45) is 17.6 Å². The van der Waals surface area contributed by atoms with Crippen LogP contribution >= 0.6 is 12.4 Å². The minimum Gasteiger partial charge on any atom is -0.344 e. The Kier molecular flexibility index (Phi) is 11.2. The average Bonchev–Trinajstić information content (AvgIpc) is 2.56. The highest BCUT2D eigenvalue weighted by Gasteiger charge is 2.26. The highest BCUT2D eigenvalue weighted by molar-refractivity contribution is 5.88. The van der Waals surface area contributed by atoms with Crippen LogP contribution in [0.15, 0.2) is 30.3 Å². The van der Waals surface area contributed by atoms with Gasteiger partial charge in [0.25, 0.3) is 0 Å². The summed E-state index contributed by atoms with van der Waals surface area (Å²) >= 11 is 0. The lowest BCUT2D eigenvalue weighted by Crippen LogP contribution is -2.43. The first-order valence-electron chi connectivity index (χ1n) is 9.07. The van der Waals surface area contributed by atoms with Gasteiger partial charge in [0, 0.05) is 26.1 Å². The quantitative estimate of drug-likeness (QED) is 0.687. The lowest BCUT2D eigenvalue weighted by molar-refractivity contribution is -0.135. The molecule has 0 heterocycles. The molecule has 0 aliphatic carbocycles. The van der Waals surface area contributed by atoms with Crippen LogP contribution in [-0.2, 0) is 9.59 Å². The second-order valence-corrected chi connectivity index (χ2v) is 7.47. The van der Waals surface area contributed by atoms with Crippen molar-refractivity contribution in [1.82, 2.24) is 10.2 Å². The molecule has 2 amide bonds. The number of benzene rings is 1. The summed E-state index contributed by atoms with van der Waals surface area (Å²) < 4.78 is 0. The number of carbonyl (C=O) groups is 2. The number of nitrogens with one attached hydrogen (secondary N) is 1. The van der Waals surface area contributed by atoms with Gasteiger partial charge in [0.1, 0.15) is 6.04 Å². The van der Waals surface area contributed by atoms with Gasteiger partial charge in [-0.3, -0.25) is 9.59 Å². The van der Waals surface area contributed by atoms with Crippen LogP contribution < -0.4 is 11.1 Å². The first-order valence-corrected chi connectivity index (χ1v) is 9.07. The summed E-state index contributed by atoms with van der Waals surface area (Å²) in [5.41, 5.74) is 6.88. The summed E-state index contributed by atoms with van der Waals surface area (Å²) in [5, 5.41) is 2.89. The molecule has 5 nitrogen and oxygen atoms in total. The molecule has 0 bridgehead atoms. The number of carbonyl (C=O) groups excluding carboxylic acids is 2. The van der Waals surface area contributed by atoms with Crippen LogP contribution in [0.1, 0.15) is 52.1 Å². The Labute approximate surface area is 164 Å². The number of amides is 2. The maximum absolute atomic E-state index is 12.9. The molecule has 1 aromatic carbocycles. The number of hydrogen-bond donors (Lipinski definition) is 2. The molecule has 0 fully saturated rings. The van der Waals surface area contributed by atoms with E-state index in [9.17, 15) is 9.59 Å². The van der Waals surface area contributed by atoms with E-state index in [0.29, 0.717) is 18.9 Å². The first-order chi connectivity index (χ1) is 11.7. The van der Waals surface area contributed by atoms with Gasteiger partial charge in [-0.15, -0.1) is 12.4 Å². The Morgan fingerprint density at radius 3 is 2.19 bits per heavy atom. The second kappa shape index (κ2) is 11.9. The van der Waals surface area contributed by atoms with E-state index in [4.69, 9.17) is 5.73 Å². The largest absolute Gasteiger partial charge is 0.344 e. The molecule has 6 heteroatoms. The maximum Gasteiger partial charge on any atom is 0.249 e. The Morgan fingerprint density at radius 1 is 1.12 bits per heavy atom. The standard InChI is InChI=1S/C20H33N3O2.ClH/c1-14(2)13-18(24)22-19(16-9-7-6-8-10-16)20(25)23(5)12-11-17(21)15(3)4;/h6-10,14-15,17,19H,11-13,21H2,1-5H3,(H,22,24);1H. The first kappa shape index (κ1) is 24.4. The van der Waals surface area contributed by atoms with Gasteiger partial charge in [-0.25, -0.2) is 0 Å². The van der Waals surface area contributed by atoms with Gasteiger partial charge in [0.15, 0.2) is 0 Å². The third kappa shape index (κ3) is 8.19. The van der Waals surface area contributed by atoms with Gasteiger partial charge in [-0.2, -0.15) is 0 Å². The lowest BCUT2D eigenvalue weighted by Gasteiger charge is -2.27. The van der Waals surface area contributed by atoms with Gasteiger partial charge in [0.05, 0.1) is 0 Å². The number of nitrogens with two attached hydrogens (primary N) is 1. The predicted octanol–water partition coefficient (Wildman–Crippen LogP) is 3.14. The van der Waals surface area contributed by atoms with Crippen molar-refractivity contribution in [2.45, 2.75) is 52.6 Å². The molecule has 0 saturated carbocycles. The lowest BCUT2D eigenvalue weighted by atomic mass is 10.0. The molecular weight excluding hydrogens is 350 g/mol. The van der Waals surface area contributed by atoms with E-state index in [-0.39, 0.29) is 36.2 Å². The highest BCUT2D eigenvalue weighted by atomic mass is 35.5. The van der Waals surface area contributed by atoms with E-state index in [1.54, 1.807) is 11.9 Å². The van der Waals surface area contributed by atoms with Crippen LogP contribution in [0.2, 0.25) is 0 Å². The number of hydrogen-bond acceptors (Lipinski definition) is 3. The van der Waals surface area contributed by atoms with Crippen molar-refractivity contribution >= 4 is 24.2 Å². The number of nitrogens with zero attached hydrogens (tertiary/aromatic N) is 1. The minimum atomic E-state index is -0.660. The van der Waals surface area contributed by atoms with Gasteiger partial charge < -0.3 is 16.0 Å². The maximum atomic E-state index is 12.9. The van der Waals surface area contributed by atoms with Crippen LogP contribution in [0.25, 0.3) is 0 Å². The van der Waals surface area contributed by atoms with Crippen molar-refractivity contribution in [3.8, 4) is 0 Å². The fourth-order valence-corrected chi connectivity index (χ4v) is 2.53. The van der Waals surface area contributed by atoms with Crippen LogP contribution in [0, 0.1) is 11.8 Å². The normalized spacial score (nSPS) is 13.1. The summed E-state index contributed by atoms with van der Waals surface area (Å²) in [6.45, 7) is 8.69. The Bertz CT molecular complexity index is 549. The summed E-state index contributed by atoms with van der Waals surface area (Å²) in [6.07, 6.45) is 1.14. The van der Waals surface area contributed by atoms with Crippen molar-refractivity contribution in [1.29, 1.82) is 0 Å². The molecule has 1 rings (SSSR count). The number of rotatable bonds is 9. The molecule has 2 unspecified atom stereocenters. The van der Waals surface area contributed by atoms with Crippen LogP contribution in [0.4, 0.5) is 0 Å². The molecule has 3 N–H and O–H groups in total. The average molecular weight is 384 g/mol. The molecular formula is C20H34ClN3O2.